The van der Waals surface area contributed by atoms with Crippen LogP contribution < -0.4 is 31.2 Å². The standard InChI is InChI=1S/C60H55BN4S2/c1-37(62)57-47(33-32-44-35-38-15-8-13-22-54(38)66-44)56-58(67-57)61-48-34-31-43(64-49-18-11-9-16-45(49)46-17-10-12-19-50(46)64)36-53(48)63(41-27-23-39(24-28-41)59(2,3)4)51-20-14-21-52(55(51)61)65(56)42-29-25-40(26-30-42)60(5,6)7/h8-34,36-37,44H,35,62H2,1-7H3/b33-32-/t37-,44?/m1/s1. The second kappa shape index (κ2) is 15.7. The van der Waals surface area contributed by atoms with Gasteiger partial charge in [-0.25, -0.2) is 0 Å². The van der Waals surface area contributed by atoms with Crippen molar-refractivity contribution in [3.8, 4) is 5.69 Å². The lowest BCUT2D eigenvalue weighted by Crippen LogP contribution is -2.60. The Morgan fingerprint density at radius 1 is 0.627 bits per heavy atom. The molecule has 12 rings (SSSR count). The number of hydrogen-bond acceptors (Lipinski definition) is 5. The van der Waals surface area contributed by atoms with E-state index in [0.717, 1.165) is 23.5 Å². The molecule has 9 aromatic rings. The number of para-hydroxylation sites is 2. The average molecular weight is 907 g/mol. The number of nitrogens with zero attached hydrogens (tertiary/aromatic N) is 3. The SMILES string of the molecule is C[C@@H](N)c1sc2c(c1/C=C\C1Cc3ccccc3S1)N(c1ccc(C(C)(C)C)cc1)c1cccc3c1B2c1ccc(-n2c4ccccc4c4ccccc42)cc1N3c1ccc(C(C)(C)C)cc1. The van der Waals surface area contributed by atoms with Gasteiger partial charge in [-0.2, -0.15) is 0 Å². The van der Waals surface area contributed by atoms with Crippen LogP contribution in [0.15, 0.2) is 169 Å². The fourth-order valence-corrected chi connectivity index (χ4v) is 13.5. The zero-order valence-electron chi connectivity index (χ0n) is 39.3. The Balaban J connectivity index is 1.12. The molecule has 0 spiro atoms. The molecule has 0 saturated carbocycles. The molecule has 2 N–H and O–H groups in total. The van der Waals surface area contributed by atoms with Crippen molar-refractivity contribution in [2.45, 2.75) is 81.9 Å². The smallest absolute Gasteiger partial charge is 0.264 e. The first-order chi connectivity index (χ1) is 32.3. The van der Waals surface area contributed by atoms with Gasteiger partial charge in [0.15, 0.2) is 0 Å². The molecule has 330 valence electrons. The molecule has 67 heavy (non-hydrogen) atoms. The summed E-state index contributed by atoms with van der Waals surface area (Å²) < 4.78 is 3.79. The minimum Gasteiger partial charge on any atom is -0.323 e. The first kappa shape index (κ1) is 42.1. The highest BCUT2D eigenvalue weighted by Gasteiger charge is 2.46. The van der Waals surface area contributed by atoms with Crippen LogP contribution in [-0.2, 0) is 17.3 Å². The van der Waals surface area contributed by atoms with Crippen molar-refractivity contribution in [3.05, 3.63) is 191 Å². The highest BCUT2D eigenvalue weighted by Crippen LogP contribution is 2.49. The summed E-state index contributed by atoms with van der Waals surface area (Å²) in [5, 5.41) is 2.87. The van der Waals surface area contributed by atoms with E-state index in [4.69, 9.17) is 5.73 Å². The maximum atomic E-state index is 7.11. The number of thioether (sulfide) groups is 1. The van der Waals surface area contributed by atoms with E-state index < -0.39 is 0 Å². The Bertz CT molecular complexity index is 3360. The molecule has 1 unspecified atom stereocenters. The third-order valence-corrected chi connectivity index (χ3v) is 17.0. The van der Waals surface area contributed by atoms with Crippen LogP contribution in [0.25, 0.3) is 33.6 Å². The molecular formula is C60H55BN4S2. The topological polar surface area (TPSA) is 37.4 Å². The van der Waals surface area contributed by atoms with Gasteiger partial charge in [0, 0.05) is 76.3 Å². The second-order valence-electron chi connectivity index (χ2n) is 20.7. The van der Waals surface area contributed by atoms with Crippen LogP contribution in [0.1, 0.15) is 81.6 Å². The summed E-state index contributed by atoms with van der Waals surface area (Å²) in [5.41, 5.74) is 25.8. The number of nitrogens with two attached hydrogens (primary N) is 1. The Morgan fingerprint density at radius 3 is 1.81 bits per heavy atom. The first-order valence-electron chi connectivity index (χ1n) is 23.7. The van der Waals surface area contributed by atoms with E-state index in [0.29, 0.717) is 5.25 Å². The van der Waals surface area contributed by atoms with Crippen molar-refractivity contribution < 1.29 is 0 Å². The predicted octanol–water partition coefficient (Wildman–Crippen LogP) is 14.3. The van der Waals surface area contributed by atoms with Crippen LogP contribution in [0.2, 0.25) is 0 Å². The molecule has 7 heteroatoms. The Hall–Kier alpha value is -6.25. The van der Waals surface area contributed by atoms with Crippen molar-refractivity contribution in [1.29, 1.82) is 0 Å². The number of fused-ring (bicyclic) bond motifs is 8. The largest absolute Gasteiger partial charge is 0.323 e. The Morgan fingerprint density at radius 2 is 1.19 bits per heavy atom. The Kier molecular flexibility index (Phi) is 9.85. The first-order valence-corrected chi connectivity index (χ1v) is 25.4. The molecule has 0 aliphatic carbocycles. The molecule has 3 aliphatic heterocycles. The summed E-state index contributed by atoms with van der Waals surface area (Å²) in [5.74, 6) is 0. The number of thiophene rings is 1. The van der Waals surface area contributed by atoms with Gasteiger partial charge < -0.3 is 20.1 Å². The van der Waals surface area contributed by atoms with E-state index in [2.05, 4.69) is 233 Å². The van der Waals surface area contributed by atoms with E-state index in [1.54, 1.807) is 0 Å². The van der Waals surface area contributed by atoms with Crippen molar-refractivity contribution in [1.82, 2.24) is 4.57 Å². The lowest BCUT2D eigenvalue weighted by Gasteiger charge is -2.43. The van der Waals surface area contributed by atoms with Crippen LogP contribution >= 0.6 is 23.1 Å². The van der Waals surface area contributed by atoms with Crippen LogP contribution in [0.4, 0.5) is 34.1 Å². The van der Waals surface area contributed by atoms with E-state index >= 15 is 0 Å². The summed E-state index contributed by atoms with van der Waals surface area (Å²) in [7, 11) is 0. The lowest BCUT2D eigenvalue weighted by molar-refractivity contribution is 0.590. The number of anilines is 6. The average Bonchev–Trinajstić information content (AvgIpc) is 4.02. The van der Waals surface area contributed by atoms with Gasteiger partial charge in [-0.05, 0) is 119 Å². The number of hydrogen-bond donors (Lipinski definition) is 1. The molecule has 0 amide bonds. The predicted molar refractivity (Wildman–Crippen MR) is 292 cm³/mol. The normalized spacial score (nSPS) is 15.9. The van der Waals surface area contributed by atoms with Gasteiger partial charge in [0.25, 0.3) is 6.71 Å². The third kappa shape index (κ3) is 6.84. The summed E-state index contributed by atoms with van der Waals surface area (Å²) in [6, 6.07) is 59.2. The van der Waals surface area contributed by atoms with Gasteiger partial charge in [-0.15, -0.1) is 23.1 Å². The molecule has 4 nitrogen and oxygen atoms in total. The molecular weight excluding hydrogens is 852 g/mol. The molecule has 3 aliphatic rings. The molecule has 0 bridgehead atoms. The summed E-state index contributed by atoms with van der Waals surface area (Å²) in [6.45, 7) is 15.9. The lowest BCUT2D eigenvalue weighted by atomic mass is 9.36. The van der Waals surface area contributed by atoms with Crippen LogP contribution in [0.3, 0.4) is 0 Å². The molecule has 5 heterocycles. The fraction of sp³-hybridized carbons (Fsp3) is 0.200. The van der Waals surface area contributed by atoms with Crippen molar-refractivity contribution in [2.75, 3.05) is 9.80 Å². The minimum absolute atomic E-state index is 0.0200. The zero-order valence-corrected chi connectivity index (χ0v) is 41.0. The number of aromatic nitrogens is 1. The monoisotopic (exact) mass is 906 g/mol. The van der Waals surface area contributed by atoms with Gasteiger partial charge in [-0.3, -0.25) is 0 Å². The summed E-state index contributed by atoms with van der Waals surface area (Å²) in [6.07, 6.45) is 5.89. The maximum absolute atomic E-state index is 7.11. The molecule has 0 radical (unpaired) electrons. The van der Waals surface area contributed by atoms with Crippen LogP contribution in [0.5, 0.6) is 0 Å². The highest BCUT2D eigenvalue weighted by molar-refractivity contribution is 8.00. The van der Waals surface area contributed by atoms with E-state index in [-0.39, 0.29) is 23.6 Å². The highest BCUT2D eigenvalue weighted by atomic mass is 32.2. The third-order valence-electron chi connectivity index (χ3n) is 14.2. The minimum atomic E-state index is -0.157. The van der Waals surface area contributed by atoms with Crippen LogP contribution in [0, 0.1) is 0 Å². The molecule has 2 aromatic heterocycles. The van der Waals surface area contributed by atoms with Gasteiger partial charge in [0.05, 0.1) is 16.7 Å². The maximum Gasteiger partial charge on any atom is 0.264 e. The zero-order chi connectivity index (χ0) is 45.9. The van der Waals surface area contributed by atoms with Crippen molar-refractivity contribution in [2.24, 2.45) is 5.73 Å². The number of rotatable bonds is 6. The van der Waals surface area contributed by atoms with E-state index in [1.807, 2.05) is 23.1 Å². The second-order valence-corrected chi connectivity index (χ2v) is 23.1. The summed E-state index contributed by atoms with van der Waals surface area (Å²) >= 11 is 3.88. The fourth-order valence-electron chi connectivity index (χ4n) is 10.9. The van der Waals surface area contributed by atoms with E-state index in [9.17, 15) is 0 Å². The number of benzene rings is 7. The molecule has 2 atom stereocenters. The molecule has 0 fully saturated rings. The van der Waals surface area contributed by atoms with Crippen LogP contribution in [-0.4, -0.2) is 16.5 Å². The van der Waals surface area contributed by atoms with Gasteiger partial charge in [-0.1, -0.05) is 145 Å². The Labute approximate surface area is 403 Å². The van der Waals surface area contributed by atoms with Gasteiger partial charge >= 0.3 is 0 Å². The van der Waals surface area contributed by atoms with Crippen molar-refractivity contribution >= 4 is 108 Å². The molecule has 7 aromatic carbocycles. The van der Waals surface area contributed by atoms with E-state index in [1.165, 1.54) is 92.3 Å². The summed E-state index contributed by atoms with van der Waals surface area (Å²) in [4.78, 5) is 7.70. The quantitative estimate of drug-likeness (QED) is 0.169. The van der Waals surface area contributed by atoms with Crippen molar-refractivity contribution in [3.63, 3.8) is 0 Å². The van der Waals surface area contributed by atoms with Gasteiger partial charge in [0.2, 0.25) is 0 Å². The van der Waals surface area contributed by atoms with Gasteiger partial charge in [0.1, 0.15) is 0 Å². The molecule has 0 saturated heterocycles.